The number of unbranched alkanes of at least 4 members (excludes halogenated alkanes) is 1. The summed E-state index contributed by atoms with van der Waals surface area (Å²) in [6.45, 7) is 2.58. The number of aryl methyl sites for hydroxylation is 5. The molecule has 0 radical (unpaired) electrons. The van der Waals surface area contributed by atoms with E-state index in [4.69, 9.17) is 22.9 Å². The zero-order valence-electron chi connectivity index (χ0n) is 41.1. The number of amides is 8. The SMILES string of the molecule is Cn1cc(NC(=O)c2cc(NC(=O)CN)cn2C)cc1C(=O)NCCCCC(NC(=O)c1cc(NC(=O)c2cc(NC(=O)c3cc(NC(=O)CN)cn3C)cn2C)cn1C)C(=O)NCCN(CCN)CCN. The second-order valence-electron chi connectivity index (χ2n) is 17.0. The van der Waals surface area contributed by atoms with Crippen LogP contribution in [-0.2, 0) is 49.6 Å². The standard InChI is InChI=1S/C46H66N18O8/c1-59-25-30(55-43(69)35-16-28(23-60(35)2)53-39(65)21-49)18-34(59)42(68)51-11-7-6-8-33(41(67)52-12-15-64(13-9-47)14-10-48)58-46(72)38-20-32(27-63(38)5)57-45(71)37-19-31(26-62(37)4)56-44(70)36-17-29(24-61(36)3)54-40(66)22-50/h16-20,23-27,33H,6-15,21-22,47-50H2,1-5H3,(H,51,68)(H,52,67)(H,53,65)(H,54,66)(H,55,69)(H,56,70)(H,57,71)(H,58,72). The molecule has 5 aromatic rings. The maximum absolute atomic E-state index is 13.8. The summed E-state index contributed by atoms with van der Waals surface area (Å²) in [7, 11) is 8.20. The minimum Gasteiger partial charge on any atom is -0.353 e. The van der Waals surface area contributed by atoms with E-state index in [1.54, 1.807) is 75.4 Å². The lowest BCUT2D eigenvalue weighted by atomic mass is 10.1. The Kier molecular flexibility index (Phi) is 19.6. The highest BCUT2D eigenvalue weighted by Crippen LogP contribution is 2.21. The predicted octanol–water partition coefficient (Wildman–Crippen LogP) is -1.04. The topological polar surface area (TPSA) is 365 Å². The van der Waals surface area contributed by atoms with Gasteiger partial charge in [-0.15, -0.1) is 0 Å². The third-order valence-corrected chi connectivity index (χ3v) is 11.3. The Labute approximate surface area is 415 Å². The number of nitrogens with one attached hydrogen (secondary N) is 8. The quantitative estimate of drug-likeness (QED) is 0.0295. The number of nitrogens with two attached hydrogens (primary N) is 4. The molecule has 16 N–H and O–H groups in total. The van der Waals surface area contributed by atoms with Crippen molar-refractivity contribution < 1.29 is 38.4 Å². The zero-order chi connectivity index (χ0) is 52.6. The lowest BCUT2D eigenvalue weighted by molar-refractivity contribution is -0.123. The van der Waals surface area contributed by atoms with Crippen LogP contribution in [0.2, 0.25) is 0 Å². The Morgan fingerprint density at radius 1 is 0.458 bits per heavy atom. The molecule has 5 heterocycles. The monoisotopic (exact) mass is 999 g/mol. The number of rotatable bonds is 26. The molecule has 0 aliphatic carbocycles. The molecule has 1 unspecified atom stereocenters. The van der Waals surface area contributed by atoms with Gasteiger partial charge in [-0.3, -0.25) is 43.3 Å². The normalized spacial score (nSPS) is 11.5. The van der Waals surface area contributed by atoms with Gasteiger partial charge in [-0.2, -0.15) is 0 Å². The van der Waals surface area contributed by atoms with Gasteiger partial charge in [-0.1, -0.05) is 0 Å². The number of hydrogen-bond acceptors (Lipinski definition) is 13. The van der Waals surface area contributed by atoms with Gasteiger partial charge in [-0.25, -0.2) is 0 Å². The number of nitrogens with zero attached hydrogens (tertiary/aromatic N) is 6. The molecule has 26 heteroatoms. The lowest BCUT2D eigenvalue weighted by Crippen LogP contribution is -2.49. The Bertz CT molecular complexity index is 2750. The summed E-state index contributed by atoms with van der Waals surface area (Å²) in [5, 5.41) is 22.1. The van der Waals surface area contributed by atoms with Gasteiger partial charge in [0.2, 0.25) is 17.7 Å². The van der Waals surface area contributed by atoms with E-state index in [2.05, 4.69) is 42.5 Å². The molecule has 8 amide bonds. The van der Waals surface area contributed by atoms with E-state index in [0.717, 1.165) is 0 Å². The maximum atomic E-state index is 13.8. The van der Waals surface area contributed by atoms with E-state index in [-0.39, 0.29) is 61.1 Å². The highest BCUT2D eigenvalue weighted by Gasteiger charge is 2.25. The molecule has 0 spiro atoms. The van der Waals surface area contributed by atoms with Crippen molar-refractivity contribution in [3.63, 3.8) is 0 Å². The maximum Gasteiger partial charge on any atom is 0.272 e. The molecule has 0 fully saturated rings. The van der Waals surface area contributed by atoms with Crippen molar-refractivity contribution in [2.24, 2.45) is 58.2 Å². The number of aromatic nitrogens is 5. The van der Waals surface area contributed by atoms with Crippen LogP contribution in [0, 0.1) is 0 Å². The summed E-state index contributed by atoms with van der Waals surface area (Å²) in [6, 6.07) is 6.52. The third kappa shape index (κ3) is 15.0. The van der Waals surface area contributed by atoms with Crippen molar-refractivity contribution in [2.75, 3.05) is 85.5 Å². The van der Waals surface area contributed by atoms with Crippen molar-refractivity contribution in [1.29, 1.82) is 0 Å². The number of carbonyl (C=O) groups is 8. The van der Waals surface area contributed by atoms with Gasteiger partial charge in [-0.05, 0) is 49.6 Å². The molecule has 5 aromatic heterocycles. The van der Waals surface area contributed by atoms with Crippen molar-refractivity contribution in [2.45, 2.75) is 25.3 Å². The van der Waals surface area contributed by atoms with E-state index < -0.39 is 53.3 Å². The van der Waals surface area contributed by atoms with E-state index in [0.29, 0.717) is 74.0 Å². The van der Waals surface area contributed by atoms with Crippen LogP contribution in [-0.4, -0.2) is 140 Å². The van der Waals surface area contributed by atoms with E-state index in [9.17, 15) is 38.4 Å². The molecular weight excluding hydrogens is 933 g/mol. The first kappa shape index (κ1) is 54.9. The number of anilines is 5. The van der Waals surface area contributed by atoms with Crippen LogP contribution >= 0.6 is 0 Å². The lowest BCUT2D eigenvalue weighted by Gasteiger charge is -2.22. The van der Waals surface area contributed by atoms with Crippen LogP contribution in [0.4, 0.5) is 28.4 Å². The molecule has 0 aliphatic rings. The first-order chi connectivity index (χ1) is 34.3. The minimum atomic E-state index is -0.973. The molecule has 0 aromatic carbocycles. The van der Waals surface area contributed by atoms with Gasteiger partial charge >= 0.3 is 0 Å². The molecule has 26 nitrogen and oxygen atoms in total. The van der Waals surface area contributed by atoms with Crippen LogP contribution < -0.4 is 65.5 Å². The summed E-state index contributed by atoms with van der Waals surface area (Å²) in [5.74, 6) is -3.68. The van der Waals surface area contributed by atoms with Gasteiger partial charge in [0.1, 0.15) is 34.5 Å². The highest BCUT2D eigenvalue weighted by molar-refractivity contribution is 6.08. The van der Waals surface area contributed by atoms with Crippen LogP contribution in [0.15, 0.2) is 61.3 Å². The van der Waals surface area contributed by atoms with Gasteiger partial charge in [0.05, 0.1) is 41.5 Å². The molecule has 0 saturated heterocycles. The predicted molar refractivity (Wildman–Crippen MR) is 271 cm³/mol. The van der Waals surface area contributed by atoms with Gasteiger partial charge < -0.3 is 88.3 Å². The fourth-order valence-corrected chi connectivity index (χ4v) is 7.73. The van der Waals surface area contributed by atoms with Crippen LogP contribution in [0.1, 0.15) is 71.7 Å². The fraction of sp³-hybridized carbons (Fsp3) is 0.391. The van der Waals surface area contributed by atoms with Crippen molar-refractivity contribution in [3.05, 3.63) is 89.8 Å². The summed E-state index contributed by atoms with van der Waals surface area (Å²) >= 11 is 0. The van der Waals surface area contributed by atoms with E-state index >= 15 is 0 Å². The minimum absolute atomic E-state index is 0.152. The first-order valence-electron chi connectivity index (χ1n) is 23.1. The molecule has 0 bridgehead atoms. The molecule has 0 saturated carbocycles. The smallest absolute Gasteiger partial charge is 0.272 e. The molecular formula is C46H66N18O8. The van der Waals surface area contributed by atoms with Gasteiger partial charge in [0, 0.05) is 112 Å². The molecule has 388 valence electrons. The van der Waals surface area contributed by atoms with Gasteiger partial charge in [0.25, 0.3) is 29.5 Å². The average Bonchev–Trinajstić information content (AvgIpc) is 4.16. The summed E-state index contributed by atoms with van der Waals surface area (Å²) in [4.78, 5) is 106. The largest absolute Gasteiger partial charge is 0.353 e. The van der Waals surface area contributed by atoms with Crippen LogP contribution in [0.25, 0.3) is 0 Å². The summed E-state index contributed by atoms with van der Waals surface area (Å²) in [6.07, 6.45) is 8.94. The molecule has 72 heavy (non-hydrogen) atoms. The molecule has 1 atom stereocenters. The highest BCUT2D eigenvalue weighted by atomic mass is 16.2. The van der Waals surface area contributed by atoms with E-state index in [1.807, 2.05) is 4.90 Å². The van der Waals surface area contributed by atoms with Gasteiger partial charge in [0.15, 0.2) is 0 Å². The summed E-state index contributed by atoms with van der Waals surface area (Å²) in [5.41, 5.74) is 25.2. The Hall–Kier alpha value is -8.04. The third-order valence-electron chi connectivity index (χ3n) is 11.3. The van der Waals surface area contributed by atoms with E-state index in [1.165, 1.54) is 44.0 Å². The van der Waals surface area contributed by atoms with Crippen molar-refractivity contribution >= 4 is 75.7 Å². The fourth-order valence-electron chi connectivity index (χ4n) is 7.73. The first-order valence-corrected chi connectivity index (χ1v) is 23.1. The Balaban J connectivity index is 1.18. The average molecular weight is 999 g/mol. The zero-order valence-corrected chi connectivity index (χ0v) is 41.1. The number of carbonyl (C=O) groups excluding carboxylic acids is 8. The van der Waals surface area contributed by atoms with Crippen molar-refractivity contribution in [1.82, 2.24) is 43.7 Å². The summed E-state index contributed by atoms with van der Waals surface area (Å²) < 4.78 is 7.69. The van der Waals surface area contributed by atoms with Crippen LogP contribution in [0.3, 0.4) is 0 Å². The Morgan fingerprint density at radius 3 is 1.19 bits per heavy atom. The van der Waals surface area contributed by atoms with Crippen LogP contribution in [0.5, 0.6) is 0 Å². The number of hydrogen-bond donors (Lipinski definition) is 12. The second-order valence-corrected chi connectivity index (χ2v) is 17.0. The molecule has 0 aliphatic heterocycles. The van der Waals surface area contributed by atoms with Crippen molar-refractivity contribution in [3.8, 4) is 0 Å². The Morgan fingerprint density at radius 2 is 0.819 bits per heavy atom. The second kappa shape index (κ2) is 25.7. The molecule has 5 rings (SSSR count).